The fourth-order valence-electron chi connectivity index (χ4n) is 2.39. The van der Waals surface area contributed by atoms with Crippen molar-refractivity contribution in [3.05, 3.63) is 59.1 Å². The molecule has 2 aromatic rings. The first kappa shape index (κ1) is 17.8. The topological polar surface area (TPSA) is 41.9 Å². The molecule has 1 aliphatic heterocycles. The first-order valence-electron chi connectivity index (χ1n) is 8.09. The van der Waals surface area contributed by atoms with Crippen molar-refractivity contribution in [3.63, 3.8) is 0 Å². The Morgan fingerprint density at radius 2 is 2.08 bits per heavy atom. The number of para-hydroxylation sites is 1. The van der Waals surface area contributed by atoms with Gasteiger partial charge in [0.1, 0.15) is 5.75 Å². The average Bonchev–Trinajstić information content (AvgIpc) is 2.64. The minimum Gasteiger partial charge on any atom is -0.484 e. The molecule has 0 aromatic heterocycles. The Hall–Kier alpha value is -1.98. The third-order valence-corrected chi connectivity index (χ3v) is 5.24. The highest BCUT2D eigenvalue weighted by molar-refractivity contribution is 8.13. The molecule has 25 heavy (non-hydrogen) atoms. The van der Waals surface area contributed by atoms with Gasteiger partial charge in [-0.2, -0.15) is 0 Å². The maximum absolute atomic E-state index is 12.6. The van der Waals surface area contributed by atoms with Crippen molar-refractivity contribution in [3.8, 4) is 5.75 Å². The molecule has 0 aliphatic carbocycles. The van der Waals surface area contributed by atoms with Gasteiger partial charge in [-0.15, -0.1) is 0 Å². The van der Waals surface area contributed by atoms with E-state index < -0.39 is 0 Å². The maximum atomic E-state index is 12.6. The molecule has 1 fully saturated rings. The molecule has 1 amide bonds. The second-order valence-corrected chi connectivity index (χ2v) is 7.15. The summed E-state index contributed by atoms with van der Waals surface area (Å²) in [6.45, 7) is 2.60. The molecule has 0 atom stereocenters. The second-order valence-electron chi connectivity index (χ2n) is 5.68. The average molecular weight is 375 g/mol. The summed E-state index contributed by atoms with van der Waals surface area (Å²) in [4.78, 5) is 18.9. The monoisotopic (exact) mass is 374 g/mol. The van der Waals surface area contributed by atoms with Crippen molar-refractivity contribution < 1.29 is 9.53 Å². The van der Waals surface area contributed by atoms with Gasteiger partial charge in [0.05, 0.1) is 5.69 Å². The standard InChI is InChI=1S/C19H19ClN2O2S/c1-14-8-9-15(12-17(14)20)21-19-22(10-5-11-25-19)18(23)13-24-16-6-3-2-4-7-16/h2-4,6-9,12H,5,10-11,13H2,1H3. The van der Waals surface area contributed by atoms with Crippen LogP contribution in [0.3, 0.4) is 0 Å². The van der Waals surface area contributed by atoms with Gasteiger partial charge in [-0.25, -0.2) is 4.99 Å². The van der Waals surface area contributed by atoms with Crippen LogP contribution in [0.2, 0.25) is 5.02 Å². The van der Waals surface area contributed by atoms with Crippen molar-refractivity contribution in [1.82, 2.24) is 4.90 Å². The number of halogens is 1. The zero-order valence-electron chi connectivity index (χ0n) is 13.9. The Morgan fingerprint density at radius 3 is 2.84 bits per heavy atom. The number of nitrogens with zero attached hydrogens (tertiary/aromatic N) is 2. The molecule has 1 heterocycles. The lowest BCUT2D eigenvalue weighted by Gasteiger charge is -2.27. The van der Waals surface area contributed by atoms with E-state index in [0.29, 0.717) is 22.5 Å². The zero-order valence-corrected chi connectivity index (χ0v) is 15.5. The summed E-state index contributed by atoms with van der Waals surface area (Å²) >= 11 is 7.75. The van der Waals surface area contributed by atoms with E-state index in [4.69, 9.17) is 16.3 Å². The summed E-state index contributed by atoms with van der Waals surface area (Å²) in [5.74, 6) is 1.54. The SMILES string of the molecule is Cc1ccc(N=C2SCCCN2C(=O)COc2ccccc2)cc1Cl. The smallest absolute Gasteiger partial charge is 0.266 e. The number of aryl methyl sites for hydroxylation is 1. The Kier molecular flexibility index (Phi) is 6.00. The molecule has 0 N–H and O–H groups in total. The summed E-state index contributed by atoms with van der Waals surface area (Å²) in [5, 5.41) is 1.38. The fraction of sp³-hybridized carbons (Fsp3) is 0.263. The molecule has 0 unspecified atom stereocenters. The molecule has 1 aliphatic rings. The summed E-state index contributed by atoms with van der Waals surface area (Å²) in [6.07, 6.45) is 0.940. The number of thioether (sulfide) groups is 1. The number of aliphatic imine (C=N–C) groups is 1. The number of amides is 1. The zero-order chi connectivity index (χ0) is 17.6. The fourth-order valence-corrected chi connectivity index (χ4v) is 3.53. The second kappa shape index (κ2) is 8.41. The van der Waals surface area contributed by atoms with Crippen LogP contribution < -0.4 is 4.74 Å². The van der Waals surface area contributed by atoms with Crippen molar-refractivity contribution >= 4 is 40.1 Å². The van der Waals surface area contributed by atoms with E-state index in [1.807, 2.05) is 55.5 Å². The number of carbonyl (C=O) groups is 1. The predicted octanol–water partition coefficient (Wildman–Crippen LogP) is 4.68. The number of rotatable bonds is 4. The molecular formula is C19H19ClN2O2S. The number of benzene rings is 2. The number of hydrogen-bond donors (Lipinski definition) is 0. The number of ether oxygens (including phenoxy) is 1. The summed E-state index contributed by atoms with van der Waals surface area (Å²) in [5.41, 5.74) is 1.76. The molecule has 2 aromatic carbocycles. The van der Waals surface area contributed by atoms with Crippen molar-refractivity contribution in [1.29, 1.82) is 0 Å². The quantitative estimate of drug-likeness (QED) is 0.780. The van der Waals surface area contributed by atoms with Crippen LogP contribution in [-0.2, 0) is 4.79 Å². The van der Waals surface area contributed by atoms with E-state index in [1.54, 1.807) is 16.7 Å². The van der Waals surface area contributed by atoms with Gasteiger partial charge in [-0.1, -0.05) is 47.6 Å². The first-order chi connectivity index (χ1) is 12.1. The molecule has 0 spiro atoms. The van der Waals surface area contributed by atoms with Crippen LogP contribution in [-0.4, -0.2) is 34.9 Å². The van der Waals surface area contributed by atoms with Crippen LogP contribution in [0.5, 0.6) is 5.75 Å². The van der Waals surface area contributed by atoms with E-state index in [9.17, 15) is 4.79 Å². The van der Waals surface area contributed by atoms with E-state index in [1.165, 1.54) is 0 Å². The third-order valence-electron chi connectivity index (χ3n) is 3.77. The lowest BCUT2D eigenvalue weighted by Crippen LogP contribution is -2.41. The van der Waals surface area contributed by atoms with Gasteiger partial charge in [0.2, 0.25) is 0 Å². The first-order valence-corrected chi connectivity index (χ1v) is 9.46. The Morgan fingerprint density at radius 1 is 1.28 bits per heavy atom. The number of amidine groups is 1. The number of hydrogen-bond acceptors (Lipinski definition) is 4. The molecule has 6 heteroatoms. The van der Waals surface area contributed by atoms with Gasteiger partial charge in [0.15, 0.2) is 11.8 Å². The summed E-state index contributed by atoms with van der Waals surface area (Å²) in [7, 11) is 0. The summed E-state index contributed by atoms with van der Waals surface area (Å²) < 4.78 is 5.58. The molecule has 4 nitrogen and oxygen atoms in total. The van der Waals surface area contributed by atoms with Crippen molar-refractivity contribution in [2.75, 3.05) is 18.9 Å². The Labute approximate surface area is 156 Å². The Bertz CT molecular complexity index is 780. The minimum absolute atomic E-state index is 0.00174. The lowest BCUT2D eigenvalue weighted by atomic mass is 10.2. The molecule has 3 rings (SSSR count). The molecular weight excluding hydrogens is 356 g/mol. The van der Waals surface area contributed by atoms with E-state index in [2.05, 4.69) is 4.99 Å². The molecule has 0 radical (unpaired) electrons. The lowest BCUT2D eigenvalue weighted by molar-refractivity contribution is -0.129. The number of carbonyl (C=O) groups excluding carboxylic acids is 1. The molecule has 130 valence electrons. The largest absolute Gasteiger partial charge is 0.484 e. The maximum Gasteiger partial charge on any atom is 0.266 e. The van der Waals surface area contributed by atoms with E-state index in [-0.39, 0.29) is 12.5 Å². The minimum atomic E-state index is -0.0898. The molecule has 1 saturated heterocycles. The van der Waals surface area contributed by atoms with Crippen molar-refractivity contribution in [2.45, 2.75) is 13.3 Å². The van der Waals surface area contributed by atoms with Crippen LogP contribution in [0.1, 0.15) is 12.0 Å². The third kappa shape index (κ3) is 4.77. The predicted molar refractivity (Wildman–Crippen MR) is 104 cm³/mol. The van der Waals surface area contributed by atoms with Crippen molar-refractivity contribution in [2.24, 2.45) is 4.99 Å². The van der Waals surface area contributed by atoms with E-state index in [0.717, 1.165) is 23.4 Å². The summed E-state index contributed by atoms with van der Waals surface area (Å²) in [6, 6.07) is 15.0. The highest BCUT2D eigenvalue weighted by Gasteiger charge is 2.24. The van der Waals surface area contributed by atoms with Gasteiger partial charge in [0.25, 0.3) is 5.91 Å². The van der Waals surface area contributed by atoms with Gasteiger partial charge < -0.3 is 4.74 Å². The molecule has 0 saturated carbocycles. The van der Waals surface area contributed by atoms with Crippen LogP contribution in [0.15, 0.2) is 53.5 Å². The normalized spacial score (nSPS) is 16.1. The van der Waals surface area contributed by atoms with Gasteiger partial charge in [-0.3, -0.25) is 9.69 Å². The highest BCUT2D eigenvalue weighted by Crippen LogP contribution is 2.26. The van der Waals surface area contributed by atoms with Crippen LogP contribution >= 0.6 is 23.4 Å². The van der Waals surface area contributed by atoms with Crippen LogP contribution in [0.4, 0.5) is 5.69 Å². The Balaban J connectivity index is 1.72. The highest BCUT2D eigenvalue weighted by atomic mass is 35.5. The van der Waals surface area contributed by atoms with Gasteiger partial charge in [-0.05, 0) is 43.2 Å². The van der Waals surface area contributed by atoms with Crippen LogP contribution in [0.25, 0.3) is 0 Å². The molecule has 0 bridgehead atoms. The van der Waals surface area contributed by atoms with Gasteiger partial charge in [0, 0.05) is 17.3 Å². The van der Waals surface area contributed by atoms with Gasteiger partial charge >= 0.3 is 0 Å². The van der Waals surface area contributed by atoms with E-state index >= 15 is 0 Å². The van der Waals surface area contributed by atoms with Crippen LogP contribution in [0, 0.1) is 6.92 Å².